The van der Waals surface area contributed by atoms with E-state index in [1.54, 1.807) is 24.3 Å². The third-order valence-electron chi connectivity index (χ3n) is 2.39. The summed E-state index contributed by atoms with van der Waals surface area (Å²) in [6, 6.07) is 6.78. The predicted octanol–water partition coefficient (Wildman–Crippen LogP) is 0.728. The Labute approximate surface area is 97.1 Å². The molecule has 6 nitrogen and oxygen atoms in total. The lowest BCUT2D eigenvalue weighted by Gasteiger charge is -2.15. The zero-order valence-electron chi connectivity index (χ0n) is 9.03. The van der Waals surface area contributed by atoms with Gasteiger partial charge in [-0.2, -0.15) is 10.1 Å². The molecular weight excluding hydrogens is 224 g/mol. The van der Waals surface area contributed by atoms with E-state index in [4.69, 9.17) is 9.84 Å². The third kappa shape index (κ3) is 1.84. The summed E-state index contributed by atoms with van der Waals surface area (Å²) in [6.45, 7) is 0. The van der Waals surface area contributed by atoms with Crippen LogP contribution < -0.4 is 9.75 Å². The number of carboxylic acids is 1. The van der Waals surface area contributed by atoms with E-state index in [9.17, 15) is 9.59 Å². The van der Waals surface area contributed by atoms with Gasteiger partial charge in [0.2, 0.25) is 0 Å². The summed E-state index contributed by atoms with van der Waals surface area (Å²) in [5.41, 5.74) is 0.431. The van der Waals surface area contributed by atoms with Crippen molar-refractivity contribution in [3.05, 3.63) is 24.3 Å². The lowest BCUT2D eigenvalue weighted by molar-refractivity contribution is -0.142. The smallest absolute Gasteiger partial charge is 0.321 e. The number of benzene rings is 1. The van der Waals surface area contributed by atoms with Crippen molar-refractivity contribution in [3.63, 3.8) is 0 Å². The van der Waals surface area contributed by atoms with Crippen LogP contribution in [0.15, 0.2) is 29.4 Å². The van der Waals surface area contributed by atoms with E-state index in [0.717, 1.165) is 11.2 Å². The van der Waals surface area contributed by atoms with E-state index in [0.29, 0.717) is 11.4 Å². The van der Waals surface area contributed by atoms with Gasteiger partial charge in [0.1, 0.15) is 11.4 Å². The number of methoxy groups -OCH3 is 1. The van der Waals surface area contributed by atoms with E-state index >= 15 is 0 Å². The zero-order valence-corrected chi connectivity index (χ0v) is 9.03. The van der Waals surface area contributed by atoms with E-state index in [2.05, 4.69) is 5.10 Å². The first-order chi connectivity index (χ1) is 8.15. The molecule has 1 unspecified atom stereocenters. The van der Waals surface area contributed by atoms with Crippen LogP contribution in [0.5, 0.6) is 5.75 Å². The van der Waals surface area contributed by atoms with E-state index in [1.807, 2.05) is 0 Å². The fraction of sp³-hybridized carbons (Fsp3) is 0.182. The molecule has 1 atom stereocenters. The number of carboxylic acid groups (broad SMARTS) is 1. The molecule has 88 valence electrons. The van der Waals surface area contributed by atoms with Crippen molar-refractivity contribution in [2.45, 2.75) is 0 Å². The third-order valence-corrected chi connectivity index (χ3v) is 2.39. The second-order valence-corrected chi connectivity index (χ2v) is 3.40. The van der Waals surface area contributed by atoms with Crippen LogP contribution in [0.2, 0.25) is 0 Å². The number of hydrogen-bond acceptors (Lipinski definition) is 4. The first-order valence-corrected chi connectivity index (χ1v) is 4.89. The molecule has 1 amide bonds. The van der Waals surface area contributed by atoms with Crippen LogP contribution in [-0.2, 0) is 9.59 Å². The molecule has 17 heavy (non-hydrogen) atoms. The Bertz CT molecular complexity index is 498. The number of anilines is 1. The van der Waals surface area contributed by atoms with Gasteiger partial charge in [0.25, 0.3) is 5.91 Å². The Hall–Kier alpha value is -2.37. The van der Waals surface area contributed by atoms with Crippen LogP contribution in [0.4, 0.5) is 5.69 Å². The Morgan fingerprint density at radius 3 is 2.76 bits per heavy atom. The molecule has 1 heterocycles. The number of para-hydroxylation sites is 2. The average Bonchev–Trinajstić information content (AvgIpc) is 2.71. The van der Waals surface area contributed by atoms with Crippen molar-refractivity contribution >= 4 is 23.8 Å². The molecule has 0 bridgehead atoms. The Morgan fingerprint density at radius 1 is 1.47 bits per heavy atom. The van der Waals surface area contributed by atoms with Gasteiger partial charge < -0.3 is 9.84 Å². The molecule has 1 N–H and O–H groups in total. The second-order valence-electron chi connectivity index (χ2n) is 3.40. The monoisotopic (exact) mass is 234 g/mol. The molecule has 0 radical (unpaired) electrons. The van der Waals surface area contributed by atoms with E-state index in [-0.39, 0.29) is 0 Å². The lowest BCUT2D eigenvalue weighted by Crippen LogP contribution is -2.30. The van der Waals surface area contributed by atoms with Gasteiger partial charge in [-0.05, 0) is 12.1 Å². The van der Waals surface area contributed by atoms with Crippen LogP contribution in [-0.4, -0.2) is 30.3 Å². The number of hydrazone groups is 1. The molecule has 1 aromatic rings. The van der Waals surface area contributed by atoms with Crippen molar-refractivity contribution in [1.82, 2.24) is 0 Å². The van der Waals surface area contributed by atoms with Crippen molar-refractivity contribution in [1.29, 1.82) is 0 Å². The maximum absolute atomic E-state index is 11.8. The summed E-state index contributed by atoms with van der Waals surface area (Å²) in [7, 11) is 1.47. The number of nitrogens with zero attached hydrogens (tertiary/aromatic N) is 2. The predicted molar refractivity (Wildman–Crippen MR) is 60.1 cm³/mol. The first-order valence-electron chi connectivity index (χ1n) is 4.89. The standard InChI is InChI=1S/C11H10N2O4/c1-17-9-5-3-2-4-8(9)13-10(14)7(6-12-13)11(15)16/h2-7H,1H3,(H,15,16). The topological polar surface area (TPSA) is 79.2 Å². The highest BCUT2D eigenvalue weighted by Gasteiger charge is 2.36. The summed E-state index contributed by atoms with van der Waals surface area (Å²) in [6.07, 6.45) is 1.11. The van der Waals surface area contributed by atoms with Crippen LogP contribution in [0.3, 0.4) is 0 Å². The van der Waals surface area contributed by atoms with E-state index < -0.39 is 17.8 Å². The van der Waals surface area contributed by atoms with Gasteiger partial charge in [-0.3, -0.25) is 9.59 Å². The van der Waals surface area contributed by atoms with Crippen LogP contribution in [0.25, 0.3) is 0 Å². The lowest BCUT2D eigenvalue weighted by atomic mass is 10.1. The fourth-order valence-electron chi connectivity index (χ4n) is 1.54. The minimum absolute atomic E-state index is 0.431. The van der Waals surface area contributed by atoms with Crippen molar-refractivity contribution < 1.29 is 19.4 Å². The van der Waals surface area contributed by atoms with Crippen LogP contribution in [0, 0.1) is 5.92 Å². The SMILES string of the molecule is COc1ccccc1N1N=CC(C(=O)O)C1=O. The highest BCUT2D eigenvalue weighted by atomic mass is 16.5. The summed E-state index contributed by atoms with van der Waals surface area (Å²) in [4.78, 5) is 22.6. The molecule has 0 saturated carbocycles. The summed E-state index contributed by atoms with van der Waals surface area (Å²) >= 11 is 0. The molecule has 6 heteroatoms. The second kappa shape index (κ2) is 4.25. The van der Waals surface area contributed by atoms with Crippen molar-refractivity contribution in [2.75, 3.05) is 12.1 Å². The van der Waals surface area contributed by atoms with Crippen molar-refractivity contribution in [3.8, 4) is 5.75 Å². The van der Waals surface area contributed by atoms with Crippen molar-refractivity contribution in [2.24, 2.45) is 11.0 Å². The normalized spacial score (nSPS) is 18.5. The number of ether oxygens (including phenoxy) is 1. The molecule has 0 fully saturated rings. The molecule has 0 saturated heterocycles. The van der Waals surface area contributed by atoms with Crippen LogP contribution >= 0.6 is 0 Å². The Balaban J connectivity index is 2.34. The highest BCUT2D eigenvalue weighted by molar-refractivity contribution is 6.19. The van der Waals surface area contributed by atoms with E-state index in [1.165, 1.54) is 7.11 Å². The van der Waals surface area contributed by atoms with Gasteiger partial charge in [0.05, 0.1) is 7.11 Å². The van der Waals surface area contributed by atoms with Gasteiger partial charge >= 0.3 is 5.97 Å². The first kappa shape index (κ1) is 11.1. The highest BCUT2D eigenvalue weighted by Crippen LogP contribution is 2.30. The summed E-state index contributed by atoms with van der Waals surface area (Å²) in [5.74, 6) is -2.57. The van der Waals surface area contributed by atoms with Crippen LogP contribution in [0.1, 0.15) is 0 Å². The van der Waals surface area contributed by atoms with Gasteiger partial charge in [-0.25, -0.2) is 0 Å². The Kier molecular flexibility index (Phi) is 2.78. The van der Waals surface area contributed by atoms with Gasteiger partial charge in [0.15, 0.2) is 5.92 Å². The number of aliphatic carboxylic acids is 1. The average molecular weight is 234 g/mol. The molecule has 0 aromatic heterocycles. The number of carbonyl (C=O) groups is 2. The molecular formula is C11H10N2O4. The zero-order chi connectivity index (χ0) is 12.4. The molecule has 1 aliphatic rings. The summed E-state index contributed by atoms with van der Waals surface area (Å²) < 4.78 is 5.09. The fourth-order valence-corrected chi connectivity index (χ4v) is 1.54. The molecule has 1 aromatic carbocycles. The molecule has 0 spiro atoms. The molecule has 2 rings (SSSR count). The van der Waals surface area contributed by atoms with Gasteiger partial charge in [-0.15, -0.1) is 0 Å². The number of hydrogen-bond donors (Lipinski definition) is 1. The van der Waals surface area contributed by atoms with Gasteiger partial charge in [-0.1, -0.05) is 12.1 Å². The number of carbonyl (C=O) groups excluding carboxylic acids is 1. The largest absolute Gasteiger partial charge is 0.494 e. The quantitative estimate of drug-likeness (QED) is 0.782. The molecule has 1 aliphatic heterocycles. The van der Waals surface area contributed by atoms with Gasteiger partial charge in [0, 0.05) is 6.21 Å². The maximum Gasteiger partial charge on any atom is 0.321 e. The number of amides is 1. The summed E-state index contributed by atoms with van der Waals surface area (Å²) in [5, 5.41) is 13.6. The molecule has 0 aliphatic carbocycles. The minimum Gasteiger partial charge on any atom is -0.494 e. The Morgan fingerprint density at radius 2 is 2.18 bits per heavy atom. The number of rotatable bonds is 3. The maximum atomic E-state index is 11.8. The minimum atomic E-state index is -1.22.